The molecular formula is C4H20N12S. The molecule has 0 spiro atoms. The molecule has 1 rings (SSSR count). The highest BCUT2D eigenvalue weighted by molar-refractivity contribution is 8.00. The second-order valence-electron chi connectivity index (χ2n) is 2.92. The Hall–Kier alpha value is -0.130. The first-order valence-corrected chi connectivity index (χ1v) is 6.06. The molecule has 12 nitrogen and oxygen atoms in total. The van der Waals surface area contributed by atoms with E-state index in [1.807, 2.05) is 11.8 Å². The van der Waals surface area contributed by atoms with Crippen LogP contribution in [0.4, 0.5) is 0 Å². The van der Waals surface area contributed by atoms with E-state index in [0.29, 0.717) is 5.37 Å². The van der Waals surface area contributed by atoms with Gasteiger partial charge in [0.25, 0.3) is 0 Å². The summed E-state index contributed by atoms with van der Waals surface area (Å²) in [6, 6.07) is 0. The van der Waals surface area contributed by atoms with E-state index >= 15 is 0 Å². The summed E-state index contributed by atoms with van der Waals surface area (Å²) < 4.78 is 0. The zero-order valence-corrected chi connectivity index (χ0v) is 10.0. The van der Waals surface area contributed by atoms with E-state index in [0.717, 1.165) is 0 Å². The number of hydrazine groups is 11. The molecule has 0 bridgehead atoms. The third kappa shape index (κ3) is 8.57. The lowest BCUT2D eigenvalue weighted by atomic mass is 10.3. The molecule has 1 fully saturated rings. The van der Waals surface area contributed by atoms with Gasteiger partial charge < -0.3 is 0 Å². The summed E-state index contributed by atoms with van der Waals surface area (Å²) in [6.45, 7) is 0. The Kier molecular flexibility index (Phi) is 9.65. The van der Waals surface area contributed by atoms with Gasteiger partial charge in [-0.2, -0.15) is 55.3 Å². The summed E-state index contributed by atoms with van der Waals surface area (Å²) in [7, 11) is 0. The fourth-order valence-electron chi connectivity index (χ4n) is 1.06. The van der Waals surface area contributed by atoms with E-state index in [1.165, 1.54) is 18.6 Å². The van der Waals surface area contributed by atoms with Gasteiger partial charge >= 0.3 is 0 Å². The molecule has 1 aliphatic rings. The Balaban J connectivity index is 1.69. The van der Waals surface area contributed by atoms with E-state index in [9.17, 15) is 0 Å². The summed E-state index contributed by atoms with van der Waals surface area (Å²) in [6.07, 6.45) is 2.43. The van der Waals surface area contributed by atoms with Crippen molar-refractivity contribution in [1.29, 1.82) is 0 Å². The monoisotopic (exact) mass is 268 g/mol. The van der Waals surface area contributed by atoms with Gasteiger partial charge in [0, 0.05) is 0 Å². The number of nitrogens with one attached hydrogen (secondary N) is 11. The molecule has 13 heteroatoms. The Bertz CT molecular complexity index is 163. The van der Waals surface area contributed by atoms with Crippen LogP contribution in [0, 0.1) is 0 Å². The molecule has 17 heavy (non-hydrogen) atoms. The maximum atomic E-state index is 4.91. The van der Waals surface area contributed by atoms with Gasteiger partial charge in [0.15, 0.2) is 0 Å². The van der Waals surface area contributed by atoms with Gasteiger partial charge in [0.05, 0.1) is 5.37 Å². The highest BCUT2D eigenvalue weighted by Crippen LogP contribution is 2.22. The molecule has 13 N–H and O–H groups in total. The van der Waals surface area contributed by atoms with Crippen molar-refractivity contribution in [3.63, 3.8) is 0 Å². The standard InChI is InChI=1S/C4H20N12S/c5-7-9-11-13-15-16-14-12-10-8-6-4-2-1-3-17-4/h4,6-16H,1-3,5H2. The molecule has 0 aromatic rings. The molecule has 1 heterocycles. The highest BCUT2D eigenvalue weighted by Gasteiger charge is 2.13. The number of rotatable bonds is 11. The van der Waals surface area contributed by atoms with Gasteiger partial charge in [-0.3, -0.25) is 5.84 Å². The van der Waals surface area contributed by atoms with Gasteiger partial charge in [0.1, 0.15) is 0 Å². The van der Waals surface area contributed by atoms with Gasteiger partial charge in [-0.1, -0.05) is 0 Å². The van der Waals surface area contributed by atoms with Crippen molar-refractivity contribution in [2.75, 3.05) is 5.75 Å². The molecule has 0 aromatic carbocycles. The van der Waals surface area contributed by atoms with Crippen LogP contribution in [0.2, 0.25) is 0 Å². The maximum Gasteiger partial charge on any atom is 0.0679 e. The summed E-state index contributed by atoms with van der Waals surface area (Å²) in [5.41, 5.74) is 28.3. The quantitative estimate of drug-likeness (QED) is 0.0986. The summed E-state index contributed by atoms with van der Waals surface area (Å²) in [5.74, 6) is 6.12. The summed E-state index contributed by atoms with van der Waals surface area (Å²) >= 11 is 1.89. The van der Waals surface area contributed by atoms with Crippen molar-refractivity contribution < 1.29 is 0 Å². The molecule has 1 atom stereocenters. The van der Waals surface area contributed by atoms with Crippen LogP contribution in [0.25, 0.3) is 0 Å². The van der Waals surface area contributed by atoms with Gasteiger partial charge in [-0.15, -0.1) is 11.8 Å². The molecule has 0 aromatic heterocycles. The van der Waals surface area contributed by atoms with Crippen LogP contribution in [0.5, 0.6) is 0 Å². The third-order valence-electron chi connectivity index (χ3n) is 1.74. The van der Waals surface area contributed by atoms with E-state index in [-0.39, 0.29) is 0 Å². The number of thioether (sulfide) groups is 1. The van der Waals surface area contributed by atoms with Crippen LogP contribution in [-0.4, -0.2) is 11.1 Å². The fraction of sp³-hybridized carbons (Fsp3) is 1.00. The smallest absolute Gasteiger partial charge is 0.0679 e. The van der Waals surface area contributed by atoms with E-state index in [2.05, 4.69) is 60.8 Å². The van der Waals surface area contributed by atoms with Crippen LogP contribution in [-0.2, 0) is 0 Å². The molecule has 1 saturated heterocycles. The first-order chi connectivity index (χ1) is 8.43. The minimum atomic E-state index is 0.455. The van der Waals surface area contributed by atoms with Crippen LogP contribution in [0.1, 0.15) is 12.8 Å². The van der Waals surface area contributed by atoms with E-state index in [1.54, 1.807) is 0 Å². The minimum Gasteiger partial charge on any atom is -0.257 e. The molecule has 0 saturated carbocycles. The maximum absolute atomic E-state index is 4.91. The predicted octanol–water partition coefficient (Wildman–Crippen LogP) is -4.65. The van der Waals surface area contributed by atoms with Gasteiger partial charge in [-0.05, 0) is 18.6 Å². The molecule has 1 unspecified atom stereocenters. The lowest BCUT2D eigenvalue weighted by Gasteiger charge is -2.15. The Morgan fingerprint density at radius 2 is 1.41 bits per heavy atom. The van der Waals surface area contributed by atoms with Crippen molar-refractivity contribution in [3.8, 4) is 0 Å². The second kappa shape index (κ2) is 11.0. The van der Waals surface area contributed by atoms with Crippen molar-refractivity contribution >= 4 is 11.8 Å². The highest BCUT2D eigenvalue weighted by atomic mass is 32.2. The van der Waals surface area contributed by atoms with Crippen LogP contribution >= 0.6 is 11.8 Å². The third-order valence-corrected chi connectivity index (χ3v) is 3.02. The SMILES string of the molecule is NNNNNNNNNNNNC1CCCS1. The first-order valence-electron chi connectivity index (χ1n) is 5.01. The number of nitrogens with two attached hydrogens (primary N) is 1. The molecule has 1 aliphatic heterocycles. The van der Waals surface area contributed by atoms with Crippen molar-refractivity contribution in [2.24, 2.45) is 5.84 Å². The Labute approximate surface area is 103 Å². The largest absolute Gasteiger partial charge is 0.257 e. The second-order valence-corrected chi connectivity index (χ2v) is 4.23. The summed E-state index contributed by atoms with van der Waals surface area (Å²) in [4.78, 5) is 0. The molecule has 0 amide bonds. The van der Waals surface area contributed by atoms with Crippen molar-refractivity contribution in [3.05, 3.63) is 0 Å². The molecule has 0 aliphatic carbocycles. The van der Waals surface area contributed by atoms with E-state index < -0.39 is 0 Å². The van der Waals surface area contributed by atoms with Crippen molar-refractivity contribution in [2.45, 2.75) is 18.2 Å². The molecule has 102 valence electrons. The molecule has 0 radical (unpaired) electrons. The average Bonchev–Trinajstić information content (AvgIpc) is 2.85. The zero-order chi connectivity index (χ0) is 12.2. The first kappa shape index (κ1) is 14.9. The average molecular weight is 268 g/mol. The topological polar surface area (TPSA) is 158 Å². The predicted molar refractivity (Wildman–Crippen MR) is 64.2 cm³/mol. The van der Waals surface area contributed by atoms with Crippen LogP contribution in [0.3, 0.4) is 0 Å². The van der Waals surface area contributed by atoms with Crippen LogP contribution < -0.4 is 66.6 Å². The molecular weight excluding hydrogens is 248 g/mol. The number of hydrogen-bond donors (Lipinski definition) is 12. The minimum absolute atomic E-state index is 0.455. The normalized spacial score (nSPS) is 19.9. The Morgan fingerprint density at radius 3 is 1.94 bits per heavy atom. The summed E-state index contributed by atoms with van der Waals surface area (Å²) in [5, 5.41) is 0.455. The Morgan fingerprint density at radius 1 is 0.824 bits per heavy atom. The fourth-order valence-corrected chi connectivity index (χ4v) is 2.16. The van der Waals surface area contributed by atoms with Crippen LogP contribution in [0.15, 0.2) is 0 Å². The lowest BCUT2D eigenvalue weighted by Crippen LogP contribution is -2.66. The van der Waals surface area contributed by atoms with Crippen molar-refractivity contribution in [1.82, 2.24) is 60.8 Å². The van der Waals surface area contributed by atoms with Gasteiger partial charge in [0.2, 0.25) is 0 Å². The number of hydrogen-bond acceptors (Lipinski definition) is 13. The zero-order valence-electron chi connectivity index (χ0n) is 9.18. The van der Waals surface area contributed by atoms with E-state index in [4.69, 9.17) is 5.84 Å². The lowest BCUT2D eigenvalue weighted by molar-refractivity contribution is 0.224. The van der Waals surface area contributed by atoms with Gasteiger partial charge in [-0.25, -0.2) is 5.43 Å².